The van der Waals surface area contributed by atoms with Gasteiger partial charge in [-0.25, -0.2) is 0 Å². The summed E-state index contributed by atoms with van der Waals surface area (Å²) in [5, 5.41) is 23.3. The van der Waals surface area contributed by atoms with E-state index in [1.165, 1.54) is 36.6 Å². The first-order chi connectivity index (χ1) is 16.5. The van der Waals surface area contributed by atoms with E-state index in [2.05, 4.69) is 35.8 Å². The molecule has 0 spiro atoms. The molecule has 1 aliphatic rings. The molecule has 1 amide bonds. The Morgan fingerprint density at radius 2 is 1.88 bits per heavy atom. The number of hydrogen-bond donors (Lipinski definition) is 2. The highest BCUT2D eigenvalue weighted by atomic mass is 32.1. The van der Waals surface area contributed by atoms with Crippen LogP contribution in [0.5, 0.6) is 5.75 Å². The number of benzene rings is 1. The predicted octanol–water partition coefficient (Wildman–Crippen LogP) is 4.39. The van der Waals surface area contributed by atoms with E-state index in [1.54, 1.807) is 12.3 Å². The zero-order valence-corrected chi connectivity index (χ0v) is 19.2. The van der Waals surface area contributed by atoms with Crippen LogP contribution in [0, 0.1) is 0 Å². The van der Waals surface area contributed by atoms with Gasteiger partial charge in [0.15, 0.2) is 6.10 Å². The minimum atomic E-state index is -2.96. The van der Waals surface area contributed by atoms with E-state index < -0.39 is 18.6 Å². The van der Waals surface area contributed by atoms with Crippen LogP contribution in [-0.2, 0) is 9.53 Å². The second-order valence-electron chi connectivity index (χ2n) is 7.81. The Morgan fingerprint density at radius 3 is 2.59 bits per heavy atom. The summed E-state index contributed by atoms with van der Waals surface area (Å²) in [7, 11) is 1.36. The van der Waals surface area contributed by atoms with Gasteiger partial charge in [-0.2, -0.15) is 19.0 Å². The number of alkyl halides is 2. The van der Waals surface area contributed by atoms with Crippen molar-refractivity contribution in [3.63, 3.8) is 0 Å². The van der Waals surface area contributed by atoms with Crippen LogP contribution in [0.3, 0.4) is 0 Å². The minimum Gasteiger partial charge on any atom is -0.435 e. The molecule has 1 atom stereocenters. The number of ether oxygens (including phenoxy) is 2. The Hall–Kier alpha value is -3.25. The second-order valence-corrected chi connectivity index (χ2v) is 8.79. The zero-order valence-electron chi connectivity index (χ0n) is 18.4. The van der Waals surface area contributed by atoms with Gasteiger partial charge in [0.1, 0.15) is 5.75 Å². The molecular formula is C22H24F2N6O3S. The Labute approximate surface area is 198 Å². The molecule has 2 N–H and O–H groups in total. The molecule has 1 aromatic carbocycles. The predicted molar refractivity (Wildman–Crippen MR) is 122 cm³/mol. The number of rotatable bonds is 9. The minimum absolute atomic E-state index is 0.0567. The molecule has 2 aromatic heterocycles. The molecule has 3 aromatic rings. The van der Waals surface area contributed by atoms with Crippen molar-refractivity contribution in [3.8, 4) is 5.75 Å². The lowest BCUT2D eigenvalue weighted by Gasteiger charge is -2.28. The van der Waals surface area contributed by atoms with Crippen molar-refractivity contribution in [1.29, 1.82) is 0 Å². The first kappa shape index (κ1) is 23.9. The number of nitrogens with zero attached hydrogens (tertiary/aromatic N) is 4. The number of aromatic nitrogens is 4. The van der Waals surface area contributed by atoms with Crippen molar-refractivity contribution < 1.29 is 23.0 Å². The number of carbonyl (C=O) groups excluding carboxylic acids is 1. The van der Waals surface area contributed by atoms with Crippen molar-refractivity contribution >= 4 is 27.5 Å². The van der Waals surface area contributed by atoms with Gasteiger partial charge in [-0.05, 0) is 55.5 Å². The number of nitrogens with one attached hydrogen (secondary N) is 2. The summed E-state index contributed by atoms with van der Waals surface area (Å²) in [5.41, 5.74) is 1.40. The van der Waals surface area contributed by atoms with Gasteiger partial charge in [0.2, 0.25) is 10.3 Å². The maximum atomic E-state index is 12.7. The van der Waals surface area contributed by atoms with Crippen LogP contribution >= 0.6 is 11.3 Å². The van der Waals surface area contributed by atoms with Crippen LogP contribution in [0.2, 0.25) is 0 Å². The largest absolute Gasteiger partial charge is 0.435 e. The van der Waals surface area contributed by atoms with Gasteiger partial charge >= 0.3 is 6.61 Å². The van der Waals surface area contributed by atoms with Crippen molar-refractivity contribution in [2.45, 2.75) is 50.4 Å². The van der Waals surface area contributed by atoms with Crippen LogP contribution in [0.25, 0.3) is 0 Å². The number of carbonyl (C=O) groups is 1. The molecular weight excluding hydrogens is 466 g/mol. The van der Waals surface area contributed by atoms with Gasteiger partial charge in [0, 0.05) is 25.3 Å². The topological polar surface area (TPSA) is 111 Å². The SMILES string of the molecule is CO[C@@H](C(=O)Nc1nnc(NC2CCC(c3cccnn3)CC2)s1)c1cccc(OC(F)F)c1. The third-order valence-electron chi connectivity index (χ3n) is 5.58. The van der Waals surface area contributed by atoms with E-state index in [-0.39, 0.29) is 11.8 Å². The third kappa shape index (κ3) is 6.20. The third-order valence-corrected chi connectivity index (χ3v) is 6.35. The fraction of sp³-hybridized carbons (Fsp3) is 0.409. The van der Waals surface area contributed by atoms with Gasteiger partial charge < -0.3 is 14.8 Å². The quantitative estimate of drug-likeness (QED) is 0.454. The molecule has 1 aliphatic carbocycles. The standard InChI is InChI=1S/C22H24F2N6O3S/c1-32-18(14-4-2-5-16(12-14)33-20(23)24)19(31)27-22-30-29-21(34-22)26-15-9-7-13(8-10-15)17-6-3-11-25-28-17/h2-6,11-13,15,18,20H,7-10H2,1H3,(H,26,29)(H,27,30,31)/t13?,15?,18-/m1/s1. The summed E-state index contributed by atoms with van der Waals surface area (Å²) in [5.74, 6) is -0.144. The Balaban J connectivity index is 1.31. The number of hydrogen-bond acceptors (Lipinski definition) is 9. The highest BCUT2D eigenvalue weighted by Crippen LogP contribution is 2.34. The fourth-order valence-corrected chi connectivity index (χ4v) is 4.71. The lowest BCUT2D eigenvalue weighted by molar-refractivity contribution is -0.126. The van der Waals surface area contributed by atoms with Gasteiger partial charge in [-0.15, -0.1) is 10.2 Å². The average Bonchev–Trinajstić information content (AvgIpc) is 3.27. The smallest absolute Gasteiger partial charge is 0.387 e. The molecule has 180 valence electrons. The molecule has 2 heterocycles. The average molecular weight is 491 g/mol. The maximum Gasteiger partial charge on any atom is 0.387 e. The molecule has 0 radical (unpaired) electrons. The van der Waals surface area contributed by atoms with Crippen LogP contribution in [-0.4, -0.2) is 46.1 Å². The highest BCUT2D eigenvalue weighted by Gasteiger charge is 2.25. The first-order valence-electron chi connectivity index (χ1n) is 10.8. The maximum absolute atomic E-state index is 12.7. The second kappa shape index (κ2) is 11.3. The number of anilines is 2. The number of halogens is 2. The summed E-state index contributed by atoms with van der Waals surface area (Å²) in [6.07, 6.45) is 4.58. The number of amides is 1. The van der Waals surface area contributed by atoms with Gasteiger partial charge in [0.05, 0.1) is 5.69 Å². The molecule has 0 bridgehead atoms. The first-order valence-corrected chi connectivity index (χ1v) is 11.6. The van der Waals surface area contributed by atoms with Crippen molar-refractivity contribution in [2.24, 2.45) is 0 Å². The van der Waals surface area contributed by atoms with E-state index in [0.717, 1.165) is 31.4 Å². The van der Waals surface area contributed by atoms with Crippen LogP contribution in [0.4, 0.5) is 19.0 Å². The molecule has 0 saturated heterocycles. The Kier molecular flexibility index (Phi) is 7.91. The van der Waals surface area contributed by atoms with Gasteiger partial charge in [0.25, 0.3) is 5.91 Å². The van der Waals surface area contributed by atoms with Crippen LogP contribution in [0.1, 0.15) is 49.0 Å². The van der Waals surface area contributed by atoms with Crippen LogP contribution in [0.15, 0.2) is 42.6 Å². The van der Waals surface area contributed by atoms with E-state index in [1.807, 2.05) is 12.1 Å². The van der Waals surface area contributed by atoms with Crippen molar-refractivity contribution in [1.82, 2.24) is 20.4 Å². The van der Waals surface area contributed by atoms with Crippen molar-refractivity contribution in [2.75, 3.05) is 17.7 Å². The summed E-state index contributed by atoms with van der Waals surface area (Å²) in [6.45, 7) is -2.96. The van der Waals surface area contributed by atoms with Gasteiger partial charge in [-0.3, -0.25) is 10.1 Å². The van der Waals surface area contributed by atoms with Gasteiger partial charge in [-0.1, -0.05) is 23.5 Å². The normalized spacial score (nSPS) is 18.9. The summed E-state index contributed by atoms with van der Waals surface area (Å²) >= 11 is 1.22. The van der Waals surface area contributed by atoms with Crippen molar-refractivity contribution in [3.05, 3.63) is 53.9 Å². The summed E-state index contributed by atoms with van der Waals surface area (Å²) in [6, 6.07) is 10.0. The number of methoxy groups -OCH3 is 1. The molecule has 34 heavy (non-hydrogen) atoms. The Bertz CT molecular complexity index is 1080. The molecule has 12 heteroatoms. The molecule has 9 nitrogen and oxygen atoms in total. The highest BCUT2D eigenvalue weighted by molar-refractivity contribution is 7.19. The molecule has 0 aliphatic heterocycles. The fourth-order valence-electron chi connectivity index (χ4n) is 3.99. The molecule has 0 unspecified atom stereocenters. The molecule has 1 fully saturated rings. The van der Waals surface area contributed by atoms with Crippen LogP contribution < -0.4 is 15.4 Å². The van der Waals surface area contributed by atoms with E-state index >= 15 is 0 Å². The van der Waals surface area contributed by atoms with E-state index in [4.69, 9.17) is 4.74 Å². The lowest BCUT2D eigenvalue weighted by atomic mass is 9.84. The molecule has 1 saturated carbocycles. The summed E-state index contributed by atoms with van der Waals surface area (Å²) < 4.78 is 34.7. The zero-order chi connectivity index (χ0) is 23.9. The monoisotopic (exact) mass is 490 g/mol. The van der Waals surface area contributed by atoms with E-state index in [0.29, 0.717) is 21.7 Å². The lowest BCUT2D eigenvalue weighted by Crippen LogP contribution is -2.25. The van der Waals surface area contributed by atoms with E-state index in [9.17, 15) is 13.6 Å². The summed E-state index contributed by atoms with van der Waals surface area (Å²) in [4.78, 5) is 12.7. The molecule has 4 rings (SSSR count). The Morgan fingerprint density at radius 1 is 1.09 bits per heavy atom.